The highest BCUT2D eigenvalue weighted by atomic mass is 127. The van der Waals surface area contributed by atoms with E-state index in [4.69, 9.17) is 15.2 Å². The number of guanidine groups is 1. The number of ether oxygens (including phenoxy) is 2. The van der Waals surface area contributed by atoms with Crippen LogP contribution in [0, 0.1) is 0 Å². The van der Waals surface area contributed by atoms with Crippen LogP contribution in [-0.2, 0) is 11.3 Å². The first-order valence-electron chi connectivity index (χ1n) is 8.52. The smallest absolute Gasteiger partial charge is 0.189 e. The molecular weight excluding hydrogens is 431 g/mol. The monoisotopic (exact) mass is 462 g/mol. The summed E-state index contributed by atoms with van der Waals surface area (Å²) in [5.41, 5.74) is 6.90. The maximum atomic E-state index is 5.90. The molecule has 1 heterocycles. The molecule has 0 bridgehead atoms. The minimum absolute atomic E-state index is 0. The van der Waals surface area contributed by atoms with E-state index in [-0.39, 0.29) is 29.5 Å². The average Bonchev–Trinajstić information content (AvgIpc) is 2.53. The summed E-state index contributed by atoms with van der Waals surface area (Å²) in [6.45, 7) is 11.9. The standard InChI is InChI=1S/C18H30N4O2.HI/c1-18(2,3)21-17(19)20-14-15-5-4-6-16(13-15)24-12-9-22-7-10-23-11-8-22;/h4-6,13H,7-12,14H2,1-3H3,(H3,19,20,21);1H. The predicted molar refractivity (Wildman–Crippen MR) is 113 cm³/mol. The molecule has 3 N–H and O–H groups in total. The van der Waals surface area contributed by atoms with Crippen LogP contribution in [0.3, 0.4) is 0 Å². The molecule has 7 heteroatoms. The van der Waals surface area contributed by atoms with E-state index < -0.39 is 0 Å². The van der Waals surface area contributed by atoms with Gasteiger partial charge < -0.3 is 20.5 Å². The van der Waals surface area contributed by atoms with Gasteiger partial charge in [0.2, 0.25) is 0 Å². The van der Waals surface area contributed by atoms with E-state index >= 15 is 0 Å². The molecule has 0 aliphatic carbocycles. The zero-order valence-corrected chi connectivity index (χ0v) is 17.8. The number of nitrogens with two attached hydrogens (primary N) is 1. The molecule has 25 heavy (non-hydrogen) atoms. The fraction of sp³-hybridized carbons (Fsp3) is 0.611. The predicted octanol–water partition coefficient (Wildman–Crippen LogP) is 2.22. The van der Waals surface area contributed by atoms with Gasteiger partial charge in [-0.2, -0.15) is 0 Å². The Bertz CT molecular complexity index is 540. The molecule has 6 nitrogen and oxygen atoms in total. The average molecular weight is 462 g/mol. The van der Waals surface area contributed by atoms with Gasteiger partial charge in [0.15, 0.2) is 5.96 Å². The first kappa shape index (κ1) is 22.0. The molecule has 0 atom stereocenters. The summed E-state index contributed by atoms with van der Waals surface area (Å²) >= 11 is 0. The van der Waals surface area contributed by atoms with Crippen LogP contribution in [0.25, 0.3) is 0 Å². The summed E-state index contributed by atoms with van der Waals surface area (Å²) in [5.74, 6) is 1.33. The lowest BCUT2D eigenvalue weighted by atomic mass is 10.1. The third-order valence-electron chi connectivity index (χ3n) is 3.61. The molecule has 1 fully saturated rings. The van der Waals surface area contributed by atoms with Gasteiger partial charge in [-0.25, -0.2) is 4.99 Å². The number of aliphatic imine (C=N–C) groups is 1. The van der Waals surface area contributed by atoms with E-state index in [9.17, 15) is 0 Å². The molecule has 1 saturated heterocycles. The number of halogens is 1. The Kier molecular flexibility index (Phi) is 9.52. The Balaban J connectivity index is 0.00000312. The van der Waals surface area contributed by atoms with E-state index in [2.05, 4.69) is 36.0 Å². The van der Waals surface area contributed by atoms with Crippen LogP contribution in [0.4, 0.5) is 0 Å². The van der Waals surface area contributed by atoms with E-state index in [0.717, 1.165) is 44.2 Å². The number of benzene rings is 1. The quantitative estimate of drug-likeness (QED) is 0.386. The molecule has 0 spiro atoms. The van der Waals surface area contributed by atoms with Gasteiger partial charge in [0.25, 0.3) is 0 Å². The summed E-state index contributed by atoms with van der Waals surface area (Å²) in [6, 6.07) is 8.02. The van der Waals surface area contributed by atoms with Crippen molar-refractivity contribution in [2.24, 2.45) is 10.7 Å². The van der Waals surface area contributed by atoms with Crippen molar-refractivity contribution in [2.75, 3.05) is 39.5 Å². The summed E-state index contributed by atoms with van der Waals surface area (Å²) in [5, 5.41) is 3.16. The van der Waals surface area contributed by atoms with Gasteiger partial charge in [0.05, 0.1) is 19.8 Å². The maximum Gasteiger partial charge on any atom is 0.189 e. The molecule has 1 aromatic carbocycles. The minimum atomic E-state index is -0.0853. The van der Waals surface area contributed by atoms with E-state index in [0.29, 0.717) is 19.1 Å². The number of nitrogens with one attached hydrogen (secondary N) is 1. The normalized spacial score (nSPS) is 16.2. The van der Waals surface area contributed by atoms with Crippen LogP contribution in [0.5, 0.6) is 5.75 Å². The second kappa shape index (κ2) is 10.8. The Labute approximate surface area is 168 Å². The van der Waals surface area contributed by atoms with Crippen LogP contribution in [-0.4, -0.2) is 55.9 Å². The van der Waals surface area contributed by atoms with Crippen LogP contribution in [0.1, 0.15) is 26.3 Å². The topological polar surface area (TPSA) is 72.1 Å². The van der Waals surface area contributed by atoms with Crippen molar-refractivity contribution in [3.8, 4) is 5.75 Å². The van der Waals surface area contributed by atoms with Gasteiger partial charge in [-0.1, -0.05) is 12.1 Å². The van der Waals surface area contributed by atoms with Crippen LogP contribution in [0.2, 0.25) is 0 Å². The zero-order chi connectivity index (χ0) is 17.4. The first-order chi connectivity index (χ1) is 11.4. The molecule has 0 amide bonds. The van der Waals surface area contributed by atoms with Crippen LogP contribution in [0.15, 0.2) is 29.3 Å². The van der Waals surface area contributed by atoms with Gasteiger partial charge in [-0.05, 0) is 38.5 Å². The Morgan fingerprint density at radius 3 is 2.72 bits per heavy atom. The van der Waals surface area contributed by atoms with Crippen LogP contribution < -0.4 is 15.8 Å². The third kappa shape index (κ3) is 9.27. The number of morpholine rings is 1. The Morgan fingerprint density at radius 1 is 1.32 bits per heavy atom. The second-order valence-electron chi connectivity index (χ2n) is 7.03. The van der Waals surface area contributed by atoms with Crippen molar-refractivity contribution in [2.45, 2.75) is 32.9 Å². The number of rotatable bonds is 6. The molecule has 1 aliphatic rings. The molecule has 0 radical (unpaired) electrons. The van der Waals surface area contributed by atoms with Gasteiger partial charge in [0, 0.05) is 25.2 Å². The number of nitrogens with zero attached hydrogens (tertiary/aromatic N) is 2. The SMILES string of the molecule is CC(C)(C)NC(N)=NCc1cccc(OCCN2CCOCC2)c1.I. The molecule has 0 aromatic heterocycles. The van der Waals surface area contributed by atoms with Gasteiger partial charge in [-0.15, -0.1) is 24.0 Å². The highest BCUT2D eigenvalue weighted by Crippen LogP contribution is 2.14. The molecule has 0 unspecified atom stereocenters. The Morgan fingerprint density at radius 2 is 2.04 bits per heavy atom. The van der Waals surface area contributed by atoms with Gasteiger partial charge in [0.1, 0.15) is 12.4 Å². The zero-order valence-electron chi connectivity index (χ0n) is 15.5. The van der Waals surface area contributed by atoms with Crippen molar-refractivity contribution in [3.05, 3.63) is 29.8 Å². The number of hydrogen-bond donors (Lipinski definition) is 2. The van der Waals surface area contributed by atoms with Gasteiger partial charge >= 0.3 is 0 Å². The third-order valence-corrected chi connectivity index (χ3v) is 3.61. The highest BCUT2D eigenvalue weighted by molar-refractivity contribution is 14.0. The summed E-state index contributed by atoms with van der Waals surface area (Å²) in [7, 11) is 0. The minimum Gasteiger partial charge on any atom is -0.492 e. The lowest BCUT2D eigenvalue weighted by Crippen LogP contribution is -2.44. The summed E-state index contributed by atoms with van der Waals surface area (Å²) < 4.78 is 11.2. The molecule has 2 rings (SSSR count). The number of hydrogen-bond acceptors (Lipinski definition) is 4. The van der Waals surface area contributed by atoms with Crippen molar-refractivity contribution in [1.82, 2.24) is 10.2 Å². The Hall–Kier alpha value is -1.06. The molecule has 142 valence electrons. The van der Waals surface area contributed by atoms with Crippen LogP contribution >= 0.6 is 24.0 Å². The maximum absolute atomic E-state index is 5.90. The van der Waals surface area contributed by atoms with E-state index in [1.165, 1.54) is 0 Å². The van der Waals surface area contributed by atoms with Crippen molar-refractivity contribution in [1.29, 1.82) is 0 Å². The fourth-order valence-electron chi connectivity index (χ4n) is 2.45. The van der Waals surface area contributed by atoms with Crippen molar-refractivity contribution >= 4 is 29.9 Å². The second-order valence-corrected chi connectivity index (χ2v) is 7.03. The van der Waals surface area contributed by atoms with Crippen molar-refractivity contribution in [3.63, 3.8) is 0 Å². The molecule has 0 saturated carbocycles. The molecular formula is C18H31IN4O2. The lowest BCUT2D eigenvalue weighted by Gasteiger charge is -2.26. The van der Waals surface area contributed by atoms with Gasteiger partial charge in [-0.3, -0.25) is 4.90 Å². The summed E-state index contributed by atoms with van der Waals surface area (Å²) in [4.78, 5) is 6.74. The van der Waals surface area contributed by atoms with Crippen molar-refractivity contribution < 1.29 is 9.47 Å². The summed E-state index contributed by atoms with van der Waals surface area (Å²) in [6.07, 6.45) is 0. The highest BCUT2D eigenvalue weighted by Gasteiger charge is 2.10. The lowest BCUT2D eigenvalue weighted by molar-refractivity contribution is 0.0322. The molecule has 1 aliphatic heterocycles. The van der Waals surface area contributed by atoms with E-state index in [1.54, 1.807) is 0 Å². The van der Waals surface area contributed by atoms with E-state index in [1.807, 2.05) is 24.3 Å². The molecule has 1 aromatic rings. The fourth-order valence-corrected chi connectivity index (χ4v) is 2.45. The largest absolute Gasteiger partial charge is 0.492 e. The first-order valence-corrected chi connectivity index (χ1v) is 8.52.